The molecule has 0 radical (unpaired) electrons. The van der Waals surface area contributed by atoms with Gasteiger partial charge in [-0.15, -0.1) is 0 Å². The predicted molar refractivity (Wildman–Crippen MR) is 50.8 cm³/mol. The summed E-state index contributed by atoms with van der Waals surface area (Å²) in [7, 11) is 1.56. The third-order valence-electron chi connectivity index (χ3n) is 2.51. The normalized spacial score (nSPS) is 27.2. The Morgan fingerprint density at radius 2 is 2.15 bits per heavy atom. The van der Waals surface area contributed by atoms with E-state index in [2.05, 4.69) is 0 Å². The van der Waals surface area contributed by atoms with Crippen LogP contribution in [0.4, 0.5) is 0 Å². The van der Waals surface area contributed by atoms with Gasteiger partial charge in [-0.25, -0.2) is 4.79 Å². The van der Waals surface area contributed by atoms with Crippen LogP contribution < -0.4 is 0 Å². The monoisotopic (exact) mass is 203 g/mol. The van der Waals surface area contributed by atoms with Crippen LogP contribution in [0.2, 0.25) is 0 Å². The highest BCUT2D eigenvalue weighted by molar-refractivity contribution is 7.99. The standard InChI is InChI=1S/C8H13NO3S/c1-6(10)9(2)8(7(11)12)3-4-13-5-8/h3-5H2,1-2H3,(H,11,12). The number of hydrogen-bond donors (Lipinski definition) is 1. The van der Waals surface area contributed by atoms with Crippen LogP contribution >= 0.6 is 11.8 Å². The molecule has 1 amide bonds. The van der Waals surface area contributed by atoms with Gasteiger partial charge in [-0.3, -0.25) is 4.79 Å². The molecule has 1 saturated heterocycles. The largest absolute Gasteiger partial charge is 0.479 e. The lowest BCUT2D eigenvalue weighted by molar-refractivity contribution is -0.155. The zero-order valence-corrected chi connectivity index (χ0v) is 8.56. The summed E-state index contributed by atoms with van der Waals surface area (Å²) >= 11 is 1.58. The van der Waals surface area contributed by atoms with Crippen LogP contribution in [0.25, 0.3) is 0 Å². The highest BCUT2D eigenvalue weighted by Gasteiger charge is 2.46. The van der Waals surface area contributed by atoms with E-state index < -0.39 is 11.5 Å². The summed E-state index contributed by atoms with van der Waals surface area (Å²) in [5.41, 5.74) is -0.962. The van der Waals surface area contributed by atoms with Crippen molar-refractivity contribution in [1.82, 2.24) is 4.90 Å². The molecule has 0 aromatic rings. The second-order valence-corrected chi connectivity index (χ2v) is 4.32. The van der Waals surface area contributed by atoms with Crippen molar-refractivity contribution in [2.24, 2.45) is 0 Å². The lowest BCUT2D eigenvalue weighted by Gasteiger charge is -2.33. The maximum atomic E-state index is 11.1. The molecule has 74 valence electrons. The molecule has 5 heteroatoms. The third kappa shape index (κ3) is 1.65. The number of carboxylic acids is 1. The molecular formula is C8H13NO3S. The van der Waals surface area contributed by atoms with Gasteiger partial charge >= 0.3 is 5.97 Å². The zero-order chi connectivity index (χ0) is 10.1. The Morgan fingerprint density at radius 1 is 1.54 bits per heavy atom. The van der Waals surface area contributed by atoms with Crippen molar-refractivity contribution in [2.75, 3.05) is 18.6 Å². The number of thioether (sulfide) groups is 1. The summed E-state index contributed by atoms with van der Waals surface area (Å²) in [6.07, 6.45) is 0.545. The Hall–Kier alpha value is -0.710. The first-order chi connectivity index (χ1) is 6.00. The minimum Gasteiger partial charge on any atom is -0.479 e. The number of rotatable bonds is 2. The van der Waals surface area contributed by atoms with E-state index in [1.807, 2.05) is 0 Å². The van der Waals surface area contributed by atoms with Gasteiger partial charge in [0.05, 0.1) is 0 Å². The predicted octanol–water partition coefficient (Wildman–Crippen LogP) is 0.425. The van der Waals surface area contributed by atoms with Crippen LogP contribution in [-0.4, -0.2) is 46.0 Å². The fourth-order valence-corrected chi connectivity index (χ4v) is 2.86. The molecule has 1 heterocycles. The summed E-state index contributed by atoms with van der Waals surface area (Å²) < 4.78 is 0. The van der Waals surface area contributed by atoms with Gasteiger partial charge in [-0.2, -0.15) is 11.8 Å². The van der Waals surface area contributed by atoms with E-state index in [1.165, 1.54) is 11.8 Å². The van der Waals surface area contributed by atoms with E-state index in [1.54, 1.807) is 18.8 Å². The smallest absolute Gasteiger partial charge is 0.330 e. The fraction of sp³-hybridized carbons (Fsp3) is 0.750. The molecule has 0 aromatic carbocycles. The van der Waals surface area contributed by atoms with Crippen molar-refractivity contribution in [3.05, 3.63) is 0 Å². The fourth-order valence-electron chi connectivity index (χ4n) is 1.43. The topological polar surface area (TPSA) is 57.6 Å². The Balaban J connectivity index is 2.90. The maximum Gasteiger partial charge on any atom is 0.330 e. The maximum absolute atomic E-state index is 11.1. The van der Waals surface area contributed by atoms with Crippen LogP contribution in [0.3, 0.4) is 0 Å². The summed E-state index contributed by atoms with van der Waals surface area (Å²) in [5, 5.41) is 9.08. The first-order valence-corrected chi connectivity index (χ1v) is 5.22. The van der Waals surface area contributed by atoms with E-state index in [0.29, 0.717) is 12.2 Å². The summed E-state index contributed by atoms with van der Waals surface area (Å²) in [6.45, 7) is 1.40. The average molecular weight is 203 g/mol. The second kappa shape index (κ2) is 3.57. The van der Waals surface area contributed by atoms with Crippen LogP contribution in [0.5, 0.6) is 0 Å². The van der Waals surface area contributed by atoms with Crippen molar-refractivity contribution in [3.63, 3.8) is 0 Å². The minimum absolute atomic E-state index is 0.190. The van der Waals surface area contributed by atoms with Crippen molar-refractivity contribution in [3.8, 4) is 0 Å². The Bertz CT molecular complexity index is 236. The molecule has 1 rings (SSSR count). The van der Waals surface area contributed by atoms with Crippen LogP contribution in [0.15, 0.2) is 0 Å². The van der Waals surface area contributed by atoms with Gasteiger partial charge in [0.15, 0.2) is 0 Å². The molecule has 0 bridgehead atoms. The molecule has 1 fully saturated rings. The van der Waals surface area contributed by atoms with Gasteiger partial charge in [0, 0.05) is 19.7 Å². The van der Waals surface area contributed by atoms with Gasteiger partial charge in [0.25, 0.3) is 0 Å². The molecule has 1 aliphatic heterocycles. The number of nitrogens with zero attached hydrogens (tertiary/aromatic N) is 1. The van der Waals surface area contributed by atoms with Crippen LogP contribution in [0.1, 0.15) is 13.3 Å². The number of hydrogen-bond acceptors (Lipinski definition) is 3. The average Bonchev–Trinajstić information content (AvgIpc) is 2.51. The van der Waals surface area contributed by atoms with Crippen LogP contribution in [-0.2, 0) is 9.59 Å². The first-order valence-electron chi connectivity index (χ1n) is 4.06. The minimum atomic E-state index is -0.962. The summed E-state index contributed by atoms with van der Waals surface area (Å²) in [5.74, 6) is 0.225. The quantitative estimate of drug-likeness (QED) is 0.707. The van der Waals surface area contributed by atoms with Gasteiger partial charge in [0.1, 0.15) is 5.54 Å². The number of amides is 1. The highest BCUT2D eigenvalue weighted by Crippen LogP contribution is 2.32. The SMILES string of the molecule is CC(=O)N(C)C1(C(=O)O)CCSC1. The molecule has 13 heavy (non-hydrogen) atoms. The highest BCUT2D eigenvalue weighted by atomic mass is 32.2. The molecule has 0 aromatic heterocycles. The lowest BCUT2D eigenvalue weighted by Crippen LogP contribution is -2.54. The lowest BCUT2D eigenvalue weighted by atomic mass is 9.97. The molecule has 4 nitrogen and oxygen atoms in total. The molecule has 0 saturated carbocycles. The van der Waals surface area contributed by atoms with E-state index in [-0.39, 0.29) is 5.91 Å². The summed E-state index contributed by atoms with van der Waals surface area (Å²) in [6, 6.07) is 0. The van der Waals surface area contributed by atoms with Gasteiger partial charge in [-0.1, -0.05) is 0 Å². The molecule has 1 aliphatic rings. The molecule has 0 spiro atoms. The molecule has 1 atom stereocenters. The van der Waals surface area contributed by atoms with Crippen molar-refractivity contribution >= 4 is 23.6 Å². The Labute approximate surface area is 81.3 Å². The van der Waals surface area contributed by atoms with E-state index in [0.717, 1.165) is 5.75 Å². The molecule has 0 aliphatic carbocycles. The van der Waals surface area contributed by atoms with Gasteiger partial charge in [0.2, 0.25) is 5.91 Å². The number of carboxylic acid groups (broad SMARTS) is 1. The van der Waals surface area contributed by atoms with Crippen molar-refractivity contribution in [2.45, 2.75) is 18.9 Å². The first kappa shape index (κ1) is 10.4. The Kier molecular flexibility index (Phi) is 2.85. The zero-order valence-electron chi connectivity index (χ0n) is 7.74. The molecule has 1 N–H and O–H groups in total. The van der Waals surface area contributed by atoms with Gasteiger partial charge in [-0.05, 0) is 12.2 Å². The van der Waals surface area contributed by atoms with Gasteiger partial charge < -0.3 is 10.0 Å². The second-order valence-electron chi connectivity index (χ2n) is 3.22. The number of likely N-dealkylation sites (N-methyl/N-ethyl adjacent to an activating group) is 1. The number of aliphatic carboxylic acids is 1. The van der Waals surface area contributed by atoms with E-state index in [4.69, 9.17) is 5.11 Å². The Morgan fingerprint density at radius 3 is 2.46 bits per heavy atom. The van der Waals surface area contributed by atoms with Crippen LogP contribution in [0, 0.1) is 0 Å². The van der Waals surface area contributed by atoms with E-state index >= 15 is 0 Å². The number of carbonyl (C=O) groups excluding carboxylic acids is 1. The third-order valence-corrected chi connectivity index (χ3v) is 3.69. The number of carbonyl (C=O) groups is 2. The summed E-state index contributed by atoms with van der Waals surface area (Å²) in [4.78, 5) is 23.5. The van der Waals surface area contributed by atoms with E-state index in [9.17, 15) is 9.59 Å². The van der Waals surface area contributed by atoms with Crippen molar-refractivity contribution in [1.29, 1.82) is 0 Å². The molecular weight excluding hydrogens is 190 g/mol. The molecule has 1 unspecified atom stereocenters. The van der Waals surface area contributed by atoms with Crippen molar-refractivity contribution < 1.29 is 14.7 Å².